The lowest BCUT2D eigenvalue weighted by Crippen LogP contribution is -2.51. The number of rotatable bonds is 6. The fourth-order valence-electron chi connectivity index (χ4n) is 7.33. The van der Waals surface area contributed by atoms with Crippen LogP contribution in [0.1, 0.15) is 98.0 Å². The molecule has 1 saturated carbocycles. The molecule has 1 aromatic heterocycles. The van der Waals surface area contributed by atoms with Crippen LogP contribution in [0.4, 0.5) is 0 Å². The molecule has 214 valence electrons. The number of benzene rings is 2. The number of aliphatic hydroxyl groups is 2. The first kappa shape index (κ1) is 29.2. The van der Waals surface area contributed by atoms with Crippen LogP contribution in [0.3, 0.4) is 0 Å². The molecule has 2 N–H and O–H groups in total. The van der Waals surface area contributed by atoms with Gasteiger partial charge in [0.05, 0.1) is 16.6 Å². The molecule has 3 aromatic rings. The average Bonchev–Trinajstić information content (AvgIpc) is 3.46. The van der Waals surface area contributed by atoms with Crippen LogP contribution in [-0.4, -0.2) is 52.7 Å². The lowest BCUT2D eigenvalue weighted by atomic mass is 9.64. The Balaban J connectivity index is 1.62. The van der Waals surface area contributed by atoms with Crippen molar-refractivity contribution in [2.75, 3.05) is 20.1 Å². The second kappa shape index (κ2) is 11.9. The highest BCUT2D eigenvalue weighted by atomic mass is 32.1. The molecule has 4 atom stereocenters. The van der Waals surface area contributed by atoms with Gasteiger partial charge in [0.15, 0.2) is 0 Å². The van der Waals surface area contributed by atoms with Gasteiger partial charge in [0.1, 0.15) is 0 Å². The lowest BCUT2D eigenvalue weighted by molar-refractivity contribution is -0.0799. The molecule has 3 aliphatic rings. The first-order valence-corrected chi connectivity index (χ1v) is 15.9. The van der Waals surface area contributed by atoms with E-state index in [1.54, 1.807) is 11.3 Å². The molecule has 4 unspecified atom stereocenters. The maximum Gasteiger partial charge on any atom is 0.203 e. The monoisotopic (exact) mass is 559 g/mol. The van der Waals surface area contributed by atoms with Crippen molar-refractivity contribution >= 4 is 27.2 Å². The molecule has 0 spiro atoms. The van der Waals surface area contributed by atoms with Crippen LogP contribution in [0.25, 0.3) is 10.1 Å². The molecule has 0 radical (unpaired) electrons. The number of ketones is 1. The van der Waals surface area contributed by atoms with Gasteiger partial charge in [-0.15, -0.1) is 11.3 Å². The van der Waals surface area contributed by atoms with Crippen LogP contribution in [0, 0.1) is 5.41 Å². The summed E-state index contributed by atoms with van der Waals surface area (Å²) in [6.45, 7) is 8.20. The summed E-state index contributed by atoms with van der Waals surface area (Å²) in [5, 5.41) is 24.3. The third-order valence-electron chi connectivity index (χ3n) is 9.70. The van der Waals surface area contributed by atoms with Gasteiger partial charge in [0, 0.05) is 22.2 Å². The van der Waals surface area contributed by atoms with Gasteiger partial charge >= 0.3 is 0 Å². The molecule has 0 amide bonds. The molecule has 2 bridgehead atoms. The van der Waals surface area contributed by atoms with Crippen molar-refractivity contribution in [1.29, 1.82) is 0 Å². The average molecular weight is 560 g/mol. The standard InChI is InChI=1S/C35H45NO3S/c1-5-19-36(4)23-35(39)18-16-30-28-15-13-25(20-27(37)14-12-24(2)9-8-17-34(30,35)3)21-29(28)33(38)32-22-26-10-6-7-11-31(26)40-32/h6-7,9-11,13,15,21-22,27,30,37,39H,5,8,12,14,16-20,23H2,1-4H3. The fourth-order valence-corrected chi connectivity index (χ4v) is 8.35. The maximum absolute atomic E-state index is 14.3. The lowest BCUT2D eigenvalue weighted by Gasteiger charge is -2.45. The number of hydrogen-bond donors (Lipinski definition) is 2. The van der Waals surface area contributed by atoms with E-state index >= 15 is 0 Å². The Bertz CT molecular complexity index is 1360. The van der Waals surface area contributed by atoms with Crippen molar-refractivity contribution in [3.05, 3.63) is 81.7 Å². The largest absolute Gasteiger partial charge is 0.393 e. The smallest absolute Gasteiger partial charge is 0.203 e. The highest BCUT2D eigenvalue weighted by Gasteiger charge is 2.57. The number of likely N-dealkylation sites (N-methyl/N-ethyl adjacent to an activating group) is 1. The predicted octanol–water partition coefficient (Wildman–Crippen LogP) is 7.51. The second-order valence-electron chi connectivity index (χ2n) is 12.7. The first-order chi connectivity index (χ1) is 19.1. The molecule has 40 heavy (non-hydrogen) atoms. The summed E-state index contributed by atoms with van der Waals surface area (Å²) in [6.07, 6.45) is 8.32. The minimum atomic E-state index is -0.840. The van der Waals surface area contributed by atoms with Gasteiger partial charge in [-0.1, -0.05) is 55.8 Å². The fraction of sp³-hybridized carbons (Fsp3) is 0.514. The van der Waals surface area contributed by atoms with E-state index in [1.807, 2.05) is 24.3 Å². The molecule has 5 heteroatoms. The molecule has 0 saturated heterocycles. The zero-order valence-corrected chi connectivity index (χ0v) is 25.4. The zero-order chi connectivity index (χ0) is 28.5. The summed E-state index contributed by atoms with van der Waals surface area (Å²) in [5.41, 5.74) is 2.86. The Kier molecular flexibility index (Phi) is 8.68. The van der Waals surface area contributed by atoms with Crippen molar-refractivity contribution in [2.24, 2.45) is 5.41 Å². The SMILES string of the molecule is CCCN(C)CC1(O)CCC2c3ccc(cc3C(=O)c3cc4ccccc4s3)CC(O)CCC(C)=CCCC21C. The van der Waals surface area contributed by atoms with Crippen LogP contribution in [0.15, 0.2) is 60.2 Å². The molecule has 2 aromatic carbocycles. The number of fused-ring (bicyclic) bond motifs is 9. The van der Waals surface area contributed by atoms with Crippen molar-refractivity contribution in [1.82, 2.24) is 4.90 Å². The van der Waals surface area contributed by atoms with Crippen LogP contribution < -0.4 is 0 Å². The summed E-state index contributed by atoms with van der Waals surface area (Å²) in [4.78, 5) is 17.3. The van der Waals surface area contributed by atoms with Crippen molar-refractivity contribution in [2.45, 2.75) is 89.8 Å². The first-order valence-electron chi connectivity index (χ1n) is 15.0. The minimum Gasteiger partial charge on any atom is -0.393 e. The maximum atomic E-state index is 14.3. The predicted molar refractivity (Wildman–Crippen MR) is 166 cm³/mol. The van der Waals surface area contributed by atoms with Crippen LogP contribution in [0.2, 0.25) is 0 Å². The van der Waals surface area contributed by atoms with E-state index in [1.165, 1.54) is 5.57 Å². The van der Waals surface area contributed by atoms with Gasteiger partial charge in [-0.05, 0) is 113 Å². The van der Waals surface area contributed by atoms with Gasteiger partial charge in [-0.2, -0.15) is 0 Å². The molecule has 0 aliphatic heterocycles. The highest BCUT2D eigenvalue weighted by Crippen LogP contribution is 2.58. The second-order valence-corrected chi connectivity index (χ2v) is 13.7. The number of aliphatic hydroxyl groups excluding tert-OH is 1. The van der Waals surface area contributed by atoms with Crippen molar-refractivity contribution < 1.29 is 15.0 Å². The number of thiophene rings is 1. The van der Waals surface area contributed by atoms with E-state index in [9.17, 15) is 15.0 Å². The normalized spacial score (nSPS) is 27.5. The topological polar surface area (TPSA) is 60.8 Å². The third-order valence-corrected chi connectivity index (χ3v) is 10.8. The molecule has 3 aliphatic carbocycles. The minimum absolute atomic E-state index is 0.0521. The number of allylic oxidation sites excluding steroid dienone is 2. The van der Waals surface area contributed by atoms with Gasteiger partial charge < -0.3 is 15.1 Å². The molecule has 4 nitrogen and oxygen atoms in total. The molecule has 6 rings (SSSR count). The van der Waals surface area contributed by atoms with E-state index in [2.05, 4.69) is 63.1 Å². The Morgan fingerprint density at radius 2 is 1.93 bits per heavy atom. The molecule has 1 heterocycles. The highest BCUT2D eigenvalue weighted by molar-refractivity contribution is 7.21. The van der Waals surface area contributed by atoms with Crippen LogP contribution >= 0.6 is 11.3 Å². The van der Waals surface area contributed by atoms with Gasteiger partial charge in [0.25, 0.3) is 0 Å². The Morgan fingerprint density at radius 1 is 1.12 bits per heavy atom. The zero-order valence-electron chi connectivity index (χ0n) is 24.6. The Hall–Kier alpha value is -2.31. The molecular formula is C35H45NO3S. The number of nitrogens with zero attached hydrogens (tertiary/aromatic N) is 1. The van der Waals surface area contributed by atoms with E-state index in [-0.39, 0.29) is 17.1 Å². The van der Waals surface area contributed by atoms with Gasteiger partial charge in [-0.3, -0.25) is 4.79 Å². The van der Waals surface area contributed by atoms with Crippen LogP contribution in [-0.2, 0) is 6.42 Å². The summed E-state index contributed by atoms with van der Waals surface area (Å²) in [6, 6.07) is 16.5. The van der Waals surface area contributed by atoms with Crippen molar-refractivity contribution in [3.63, 3.8) is 0 Å². The van der Waals surface area contributed by atoms with Crippen molar-refractivity contribution in [3.8, 4) is 0 Å². The summed E-state index contributed by atoms with van der Waals surface area (Å²) < 4.78 is 1.11. The number of carbonyl (C=O) groups is 1. The summed E-state index contributed by atoms with van der Waals surface area (Å²) in [5.74, 6) is 0.118. The van der Waals surface area contributed by atoms with E-state index in [4.69, 9.17) is 0 Å². The van der Waals surface area contributed by atoms with E-state index in [0.717, 1.165) is 76.7 Å². The number of carbonyl (C=O) groups excluding carboxylic acids is 1. The molecular weight excluding hydrogens is 514 g/mol. The third kappa shape index (κ3) is 5.72. The number of hydrogen-bond acceptors (Lipinski definition) is 5. The van der Waals surface area contributed by atoms with Crippen LogP contribution in [0.5, 0.6) is 0 Å². The van der Waals surface area contributed by atoms with Gasteiger partial charge in [-0.25, -0.2) is 0 Å². The Labute approximate surface area is 243 Å². The molecule has 1 fully saturated rings. The Morgan fingerprint density at radius 3 is 2.70 bits per heavy atom. The van der Waals surface area contributed by atoms with E-state index in [0.29, 0.717) is 19.4 Å². The summed E-state index contributed by atoms with van der Waals surface area (Å²) >= 11 is 1.55. The van der Waals surface area contributed by atoms with Gasteiger partial charge in [0.2, 0.25) is 5.78 Å². The quantitative estimate of drug-likeness (QED) is 0.242. The summed E-state index contributed by atoms with van der Waals surface area (Å²) in [7, 11) is 2.11. The van der Waals surface area contributed by atoms with E-state index < -0.39 is 11.7 Å².